The van der Waals surface area contributed by atoms with E-state index in [1.807, 2.05) is 0 Å². The molecule has 0 spiro atoms. The van der Waals surface area contributed by atoms with Gasteiger partial charge in [0.25, 0.3) is 0 Å². The zero-order chi connectivity index (χ0) is 82.0. The molecule has 4 aromatic heterocycles. The van der Waals surface area contributed by atoms with E-state index in [0.29, 0.717) is 0 Å². The third-order valence-electron chi connectivity index (χ3n) is 25.0. The molecule has 0 aliphatic rings. The summed E-state index contributed by atoms with van der Waals surface area (Å²) < 4.78 is 9.65. The first-order chi connectivity index (χ1) is 61.5. The van der Waals surface area contributed by atoms with Gasteiger partial charge in [0.1, 0.15) is 0 Å². The van der Waals surface area contributed by atoms with Crippen LogP contribution >= 0.6 is 0 Å². The Morgan fingerprint density at radius 1 is 0.0887 bits per heavy atom. The number of para-hydroxylation sites is 4. The van der Waals surface area contributed by atoms with Crippen molar-refractivity contribution in [3.63, 3.8) is 0 Å². The van der Waals surface area contributed by atoms with E-state index in [1.165, 1.54) is 198 Å². The first-order valence-corrected chi connectivity index (χ1v) is 42.7. The van der Waals surface area contributed by atoms with Crippen molar-refractivity contribution in [2.45, 2.75) is 0 Å². The summed E-state index contributed by atoms with van der Waals surface area (Å²) in [5.74, 6) is 0. The van der Waals surface area contributed by atoms with E-state index in [-0.39, 0.29) is 0 Å². The van der Waals surface area contributed by atoms with Crippen molar-refractivity contribution in [2.75, 3.05) is 0 Å². The Kier molecular flexibility index (Phi) is 18.2. The molecule has 4 heterocycles. The molecule has 4 nitrogen and oxygen atoms in total. The topological polar surface area (TPSA) is 19.7 Å². The van der Waals surface area contributed by atoms with Gasteiger partial charge in [0.05, 0.1) is 44.1 Å². The number of rotatable bonds is 14. The van der Waals surface area contributed by atoms with E-state index < -0.39 is 0 Å². The first kappa shape index (κ1) is 72.8. The fraction of sp³-hybridized carbons (Fsp3) is 0. The number of fused-ring (bicyclic) bond motifs is 12. The summed E-state index contributed by atoms with van der Waals surface area (Å²) >= 11 is 0. The normalized spacial score (nSPS) is 11.5. The predicted molar refractivity (Wildman–Crippen MR) is 525 cm³/mol. The molecule has 0 N–H and O–H groups in total. The van der Waals surface area contributed by atoms with Gasteiger partial charge < -0.3 is 18.3 Å². The summed E-state index contributed by atoms with van der Waals surface area (Å²) in [7, 11) is 0. The zero-order valence-electron chi connectivity index (χ0n) is 68.0. The average Bonchev–Trinajstić information content (AvgIpc) is 1.60. The van der Waals surface area contributed by atoms with E-state index in [2.05, 4.69) is 504 Å². The molecule has 0 saturated heterocycles. The molecule has 124 heavy (non-hydrogen) atoms. The zero-order valence-corrected chi connectivity index (χ0v) is 68.0. The lowest BCUT2D eigenvalue weighted by Gasteiger charge is -2.14. The standard InChI is InChI=1S/2C60H40N2/c1-5-16-41(17-6-1)45-28-31-59-55(38-45)56-40-47(30-33-60(56)61(59)51-23-11-4-12-24-51)46-29-32-58-54(39-46)53-26-13-14-27-57(53)62(58)52-25-15-22-44(37-52)50-35-48(42-18-7-2-8-19-42)34-49(36-50)43-20-9-3-10-21-43;1-4-15-41(16-5-1)43-19-12-20-44(35-43)45-21-13-22-46(36-45)47-23-14-26-52(37-47)62-57-28-11-10-27-53(57)54-39-49(30-33-58(54)62)50-31-34-60-56(40-50)55-38-48(42-17-6-2-7-18-42)29-32-59(55)61(60)51-24-8-3-9-25-51/h2*1-40H. The van der Waals surface area contributed by atoms with Gasteiger partial charge in [-0.15, -0.1) is 0 Å². The van der Waals surface area contributed by atoms with Crippen molar-refractivity contribution in [1.29, 1.82) is 0 Å². The van der Waals surface area contributed by atoms with Gasteiger partial charge in [-0.25, -0.2) is 0 Å². The molecule has 0 atom stereocenters. The molecule has 0 aliphatic carbocycles. The van der Waals surface area contributed by atoms with Crippen molar-refractivity contribution >= 4 is 87.2 Å². The van der Waals surface area contributed by atoms with Gasteiger partial charge >= 0.3 is 0 Å². The lowest BCUT2D eigenvalue weighted by molar-refractivity contribution is 1.18. The molecule has 0 bridgehead atoms. The van der Waals surface area contributed by atoms with E-state index in [4.69, 9.17) is 0 Å². The summed E-state index contributed by atoms with van der Waals surface area (Å²) in [6.07, 6.45) is 0. The third kappa shape index (κ3) is 13.2. The number of nitrogens with zero attached hydrogens (tertiary/aromatic N) is 4. The Morgan fingerprint density at radius 2 is 0.258 bits per heavy atom. The van der Waals surface area contributed by atoms with Gasteiger partial charge in [-0.1, -0.05) is 322 Å². The second-order valence-corrected chi connectivity index (χ2v) is 32.3. The molecule has 0 aliphatic heterocycles. The predicted octanol–water partition coefficient (Wildman–Crippen LogP) is 32.4. The minimum atomic E-state index is 1.14. The smallest absolute Gasteiger partial charge is 0.0541 e. The largest absolute Gasteiger partial charge is 0.309 e. The Morgan fingerprint density at radius 3 is 0.565 bits per heavy atom. The molecule has 24 aromatic rings. The number of aromatic nitrogens is 4. The second-order valence-electron chi connectivity index (χ2n) is 32.3. The van der Waals surface area contributed by atoms with Crippen LogP contribution in [0, 0.1) is 0 Å². The minimum absolute atomic E-state index is 1.14. The van der Waals surface area contributed by atoms with Crippen molar-refractivity contribution in [2.24, 2.45) is 0 Å². The monoisotopic (exact) mass is 1580 g/mol. The van der Waals surface area contributed by atoms with Gasteiger partial charge in [0.15, 0.2) is 0 Å². The fourth-order valence-corrected chi connectivity index (χ4v) is 19.0. The molecule has 20 aromatic carbocycles. The molecular weight excluding hydrogens is 1500 g/mol. The highest BCUT2D eigenvalue weighted by molar-refractivity contribution is 6.16. The molecule has 0 fully saturated rings. The number of hydrogen-bond acceptors (Lipinski definition) is 0. The van der Waals surface area contributed by atoms with E-state index in [0.717, 1.165) is 22.7 Å². The van der Waals surface area contributed by atoms with Crippen LogP contribution in [-0.2, 0) is 0 Å². The molecule has 4 heteroatoms. The SMILES string of the molecule is c1ccc(-c2cc(-c3ccccc3)cc(-c3cccc(-n4c5ccccc5c5cc(-c6ccc7c(c6)c6cc(-c8ccccc8)ccc6n7-c6ccccc6)ccc54)c3)c2)cc1.c1ccc(-c2cccc(-c3cccc(-c4cccc(-n5c6ccccc6c6cc(-c7ccc8c(c7)c7cc(-c9ccccc9)ccc7n8-c7ccccc7)ccc65)c4)c3)c2)cc1. The van der Waals surface area contributed by atoms with E-state index in [9.17, 15) is 0 Å². The van der Waals surface area contributed by atoms with Crippen LogP contribution in [0.25, 0.3) is 221 Å². The van der Waals surface area contributed by atoms with Gasteiger partial charge in [-0.05, 0) is 275 Å². The van der Waals surface area contributed by atoms with Crippen molar-refractivity contribution in [3.8, 4) is 134 Å². The minimum Gasteiger partial charge on any atom is -0.309 e. The maximum atomic E-state index is 2.43. The molecule has 0 radical (unpaired) electrons. The van der Waals surface area contributed by atoms with Crippen LogP contribution in [0.4, 0.5) is 0 Å². The Bertz CT molecular complexity index is 8120. The quantitative estimate of drug-likeness (QED) is 0.103. The molecule has 580 valence electrons. The van der Waals surface area contributed by atoms with Crippen LogP contribution in [-0.4, -0.2) is 18.3 Å². The van der Waals surface area contributed by atoms with Crippen molar-refractivity contribution < 1.29 is 0 Å². The molecule has 0 amide bonds. The molecule has 0 unspecified atom stereocenters. The molecular formula is C120H80N4. The highest BCUT2D eigenvalue weighted by atomic mass is 15.0. The van der Waals surface area contributed by atoms with Crippen LogP contribution < -0.4 is 0 Å². The van der Waals surface area contributed by atoms with Crippen molar-refractivity contribution in [1.82, 2.24) is 18.3 Å². The summed E-state index contributed by atoms with van der Waals surface area (Å²) in [6, 6.07) is 177. The maximum absolute atomic E-state index is 2.43. The Hall–Kier alpha value is -16.4. The van der Waals surface area contributed by atoms with Gasteiger partial charge in [-0.3, -0.25) is 0 Å². The Labute approximate surface area is 719 Å². The van der Waals surface area contributed by atoms with Crippen LogP contribution in [0.15, 0.2) is 485 Å². The molecule has 0 saturated carbocycles. The van der Waals surface area contributed by atoms with Crippen LogP contribution in [0.2, 0.25) is 0 Å². The maximum Gasteiger partial charge on any atom is 0.0541 e. The van der Waals surface area contributed by atoms with Crippen molar-refractivity contribution in [3.05, 3.63) is 485 Å². The lowest BCUT2D eigenvalue weighted by atomic mass is 9.93. The van der Waals surface area contributed by atoms with Crippen LogP contribution in [0.3, 0.4) is 0 Å². The summed E-state index contributed by atoms with van der Waals surface area (Å²) in [5, 5.41) is 9.93. The lowest BCUT2D eigenvalue weighted by Crippen LogP contribution is -1.94. The van der Waals surface area contributed by atoms with E-state index >= 15 is 0 Å². The van der Waals surface area contributed by atoms with Crippen LogP contribution in [0.5, 0.6) is 0 Å². The van der Waals surface area contributed by atoms with Gasteiger partial charge in [-0.2, -0.15) is 0 Å². The first-order valence-electron chi connectivity index (χ1n) is 42.7. The van der Waals surface area contributed by atoms with E-state index in [1.54, 1.807) is 0 Å². The fourth-order valence-electron chi connectivity index (χ4n) is 19.0. The summed E-state index contributed by atoms with van der Waals surface area (Å²) in [6.45, 7) is 0. The highest BCUT2D eigenvalue weighted by Gasteiger charge is 2.22. The van der Waals surface area contributed by atoms with Gasteiger partial charge in [0, 0.05) is 65.8 Å². The van der Waals surface area contributed by atoms with Crippen LogP contribution in [0.1, 0.15) is 0 Å². The number of hydrogen-bond donors (Lipinski definition) is 0. The van der Waals surface area contributed by atoms with Gasteiger partial charge in [0.2, 0.25) is 0 Å². The number of benzene rings is 20. The third-order valence-corrected chi connectivity index (χ3v) is 25.0. The second kappa shape index (κ2) is 31.1. The Balaban J connectivity index is 0.000000143. The highest BCUT2D eigenvalue weighted by Crippen LogP contribution is 2.45. The average molecular weight is 1580 g/mol. The summed E-state index contributed by atoms with van der Waals surface area (Å²) in [5.41, 5.74) is 38.2. The summed E-state index contributed by atoms with van der Waals surface area (Å²) in [4.78, 5) is 0. The molecule has 24 rings (SSSR count).